The van der Waals surface area contributed by atoms with Gasteiger partial charge in [-0.15, -0.1) is 15.7 Å². The van der Waals surface area contributed by atoms with Gasteiger partial charge in [-0.2, -0.15) is 8.42 Å². The second kappa shape index (κ2) is 7.11. The third-order valence-electron chi connectivity index (χ3n) is 3.34. The number of carbonyl (C=O) groups excluding carboxylic acids is 1. The van der Waals surface area contributed by atoms with Crippen LogP contribution >= 0.6 is 23.1 Å². The van der Waals surface area contributed by atoms with E-state index in [-0.39, 0.29) is 26.4 Å². The van der Waals surface area contributed by atoms with Crippen LogP contribution in [0.4, 0.5) is 4.39 Å². The molecule has 0 bridgehead atoms. The molecule has 1 aromatic heterocycles. The number of likely N-dealkylation sites (N-methyl/N-ethyl adjacent to an activating group) is 1. The third kappa shape index (κ3) is 3.68. The highest BCUT2D eigenvalue weighted by Crippen LogP contribution is 2.34. The van der Waals surface area contributed by atoms with Crippen molar-refractivity contribution in [3.05, 3.63) is 58.1 Å². The van der Waals surface area contributed by atoms with E-state index in [1.165, 1.54) is 23.1 Å². The fourth-order valence-corrected chi connectivity index (χ4v) is 5.35. The Kier molecular flexibility index (Phi) is 5.07. The predicted molar refractivity (Wildman–Crippen MR) is 98.3 cm³/mol. The van der Waals surface area contributed by atoms with Crippen LogP contribution in [0.15, 0.2) is 55.3 Å². The van der Waals surface area contributed by atoms with Crippen LogP contribution in [0.2, 0.25) is 0 Å². The van der Waals surface area contributed by atoms with Gasteiger partial charge in [0.15, 0.2) is 5.17 Å². The van der Waals surface area contributed by atoms with Crippen molar-refractivity contribution in [2.75, 3.05) is 6.54 Å². The number of thiophene rings is 1. The van der Waals surface area contributed by atoms with E-state index in [9.17, 15) is 17.6 Å². The zero-order chi connectivity index (χ0) is 18.0. The molecule has 1 aromatic carbocycles. The van der Waals surface area contributed by atoms with Crippen molar-refractivity contribution in [1.29, 1.82) is 0 Å². The van der Waals surface area contributed by atoms with E-state index in [1.807, 2.05) is 0 Å². The summed E-state index contributed by atoms with van der Waals surface area (Å²) in [7, 11) is -3.88. The van der Waals surface area contributed by atoms with Crippen molar-refractivity contribution >= 4 is 50.3 Å². The summed E-state index contributed by atoms with van der Waals surface area (Å²) in [6.45, 7) is 1.98. The number of carbonyl (C=O) groups is 1. The Morgan fingerprint density at radius 2 is 2.00 bits per heavy atom. The van der Waals surface area contributed by atoms with Crippen LogP contribution in [0, 0.1) is 5.82 Å². The molecule has 2 heterocycles. The minimum absolute atomic E-state index is 0.0727. The first-order valence-corrected chi connectivity index (χ1v) is 10.4. The molecule has 0 unspecified atom stereocenters. The number of nitrogens with zero attached hydrogens (tertiary/aromatic N) is 2. The first-order valence-electron chi connectivity index (χ1n) is 7.27. The first kappa shape index (κ1) is 17.8. The number of hydrogen-bond acceptors (Lipinski definition) is 5. The Hall–Kier alpha value is -1.97. The predicted octanol–water partition coefficient (Wildman–Crippen LogP) is 3.57. The van der Waals surface area contributed by atoms with Crippen molar-refractivity contribution in [1.82, 2.24) is 4.90 Å². The van der Waals surface area contributed by atoms with Crippen LogP contribution in [0.25, 0.3) is 6.08 Å². The normalized spacial score (nSPS) is 18.5. The van der Waals surface area contributed by atoms with Crippen LogP contribution in [0.5, 0.6) is 0 Å². The largest absolute Gasteiger partial charge is 0.294 e. The molecule has 5 nitrogen and oxygen atoms in total. The zero-order valence-electron chi connectivity index (χ0n) is 13.0. The maximum absolute atomic E-state index is 13.8. The molecule has 0 aliphatic carbocycles. The molecule has 130 valence electrons. The number of thioether (sulfide) groups is 1. The molecule has 0 N–H and O–H groups in total. The molecular formula is C16H13FN2O3S3. The summed E-state index contributed by atoms with van der Waals surface area (Å²) < 4.78 is 42.4. The van der Waals surface area contributed by atoms with Gasteiger partial charge in [-0.1, -0.05) is 24.3 Å². The quantitative estimate of drug-likeness (QED) is 0.741. The molecule has 0 spiro atoms. The smallest absolute Gasteiger partial charge is 0.286 e. The number of benzene rings is 1. The number of amides is 1. The molecule has 1 aliphatic rings. The molecule has 1 fully saturated rings. The average molecular weight is 396 g/mol. The summed E-state index contributed by atoms with van der Waals surface area (Å²) in [5, 5.41) is 1.71. The SMILES string of the molecule is CCN1C(=O)/C(=C/c2ccccc2F)S/C1=N/S(=O)(=O)c1cccs1. The number of hydrogen-bond donors (Lipinski definition) is 0. The molecular weight excluding hydrogens is 383 g/mol. The maximum atomic E-state index is 13.8. The molecule has 1 saturated heterocycles. The van der Waals surface area contributed by atoms with Crippen molar-refractivity contribution in [3.63, 3.8) is 0 Å². The van der Waals surface area contributed by atoms with Crippen molar-refractivity contribution in [3.8, 4) is 0 Å². The highest BCUT2D eigenvalue weighted by atomic mass is 32.2. The lowest BCUT2D eigenvalue weighted by molar-refractivity contribution is -0.122. The van der Waals surface area contributed by atoms with Gasteiger partial charge in [-0.05, 0) is 42.3 Å². The summed E-state index contributed by atoms with van der Waals surface area (Å²) in [6, 6.07) is 9.13. The van der Waals surface area contributed by atoms with E-state index >= 15 is 0 Å². The standard InChI is InChI=1S/C16H13FN2O3S3/c1-2-19-15(20)13(10-11-6-3-4-7-12(11)17)24-16(19)18-25(21,22)14-8-5-9-23-14/h3-10H,2H2,1H3/b13-10-,18-16+. The van der Waals surface area contributed by atoms with Gasteiger partial charge in [-0.25, -0.2) is 4.39 Å². The van der Waals surface area contributed by atoms with Crippen LogP contribution in [-0.4, -0.2) is 30.9 Å². The highest BCUT2D eigenvalue weighted by Gasteiger charge is 2.34. The van der Waals surface area contributed by atoms with E-state index in [1.54, 1.807) is 36.6 Å². The summed E-state index contributed by atoms with van der Waals surface area (Å²) in [6.07, 6.45) is 1.41. The summed E-state index contributed by atoms with van der Waals surface area (Å²) >= 11 is 1.98. The minimum Gasteiger partial charge on any atom is -0.286 e. The Morgan fingerprint density at radius 1 is 1.24 bits per heavy atom. The van der Waals surface area contributed by atoms with Crippen LogP contribution < -0.4 is 0 Å². The summed E-state index contributed by atoms with van der Waals surface area (Å²) in [5.41, 5.74) is 0.261. The summed E-state index contributed by atoms with van der Waals surface area (Å²) in [5.74, 6) is -0.848. The molecule has 0 radical (unpaired) electrons. The second-order valence-corrected chi connectivity index (χ2v) is 8.75. The summed E-state index contributed by atoms with van der Waals surface area (Å²) in [4.78, 5) is 14.0. The van der Waals surface area contributed by atoms with Gasteiger partial charge in [0.2, 0.25) is 0 Å². The topological polar surface area (TPSA) is 66.8 Å². The van der Waals surface area contributed by atoms with Gasteiger partial charge in [-0.3, -0.25) is 9.69 Å². The molecule has 25 heavy (non-hydrogen) atoms. The number of halogens is 1. The number of rotatable bonds is 4. The molecule has 0 atom stereocenters. The Morgan fingerprint density at radius 3 is 2.64 bits per heavy atom. The van der Waals surface area contributed by atoms with Gasteiger partial charge in [0.1, 0.15) is 10.0 Å². The number of sulfonamides is 1. The van der Waals surface area contributed by atoms with E-state index < -0.39 is 21.7 Å². The average Bonchev–Trinajstić information content (AvgIpc) is 3.19. The van der Waals surface area contributed by atoms with Crippen molar-refractivity contribution in [2.24, 2.45) is 4.40 Å². The van der Waals surface area contributed by atoms with E-state index in [2.05, 4.69) is 4.40 Å². The van der Waals surface area contributed by atoms with Gasteiger partial charge in [0.25, 0.3) is 15.9 Å². The molecule has 1 aliphatic heterocycles. The lowest BCUT2D eigenvalue weighted by Crippen LogP contribution is -2.29. The first-order chi connectivity index (χ1) is 11.9. The van der Waals surface area contributed by atoms with E-state index in [4.69, 9.17) is 0 Å². The van der Waals surface area contributed by atoms with Gasteiger partial charge < -0.3 is 0 Å². The third-order valence-corrected chi connectivity index (χ3v) is 7.11. The fraction of sp³-hybridized carbons (Fsp3) is 0.125. The van der Waals surface area contributed by atoms with Gasteiger partial charge in [0.05, 0.1) is 4.91 Å². The maximum Gasteiger partial charge on any atom is 0.294 e. The van der Waals surface area contributed by atoms with Gasteiger partial charge in [0, 0.05) is 12.1 Å². The minimum atomic E-state index is -3.88. The molecule has 3 rings (SSSR count). The lowest BCUT2D eigenvalue weighted by Gasteiger charge is -2.11. The van der Waals surface area contributed by atoms with E-state index in [0.29, 0.717) is 0 Å². The van der Waals surface area contributed by atoms with Gasteiger partial charge >= 0.3 is 0 Å². The Bertz CT molecular complexity index is 966. The van der Waals surface area contributed by atoms with Crippen LogP contribution in [-0.2, 0) is 14.8 Å². The van der Waals surface area contributed by atoms with Crippen LogP contribution in [0.1, 0.15) is 12.5 Å². The van der Waals surface area contributed by atoms with Crippen LogP contribution in [0.3, 0.4) is 0 Å². The van der Waals surface area contributed by atoms with Crippen molar-refractivity contribution < 1.29 is 17.6 Å². The zero-order valence-corrected chi connectivity index (χ0v) is 15.5. The molecule has 9 heteroatoms. The lowest BCUT2D eigenvalue weighted by atomic mass is 10.2. The Balaban J connectivity index is 1.99. The molecule has 1 amide bonds. The fourth-order valence-electron chi connectivity index (χ4n) is 2.15. The van der Waals surface area contributed by atoms with E-state index in [0.717, 1.165) is 23.1 Å². The number of amidine groups is 1. The molecule has 2 aromatic rings. The highest BCUT2D eigenvalue weighted by molar-refractivity contribution is 8.19. The monoisotopic (exact) mass is 396 g/mol. The molecule has 0 saturated carbocycles. The second-order valence-electron chi connectivity index (χ2n) is 4.96. The Labute approximate surface area is 152 Å². The van der Waals surface area contributed by atoms with Crippen molar-refractivity contribution in [2.45, 2.75) is 11.1 Å².